The summed E-state index contributed by atoms with van der Waals surface area (Å²) in [5, 5.41) is 25.1. The Hall–Kier alpha value is -2.69. The molecule has 2 aromatic rings. The van der Waals surface area contributed by atoms with Crippen LogP contribution in [0.15, 0.2) is 30.3 Å². The molecule has 1 aliphatic rings. The van der Waals surface area contributed by atoms with Gasteiger partial charge in [0, 0.05) is 17.3 Å². The lowest BCUT2D eigenvalue weighted by Gasteiger charge is -2.34. The van der Waals surface area contributed by atoms with E-state index in [2.05, 4.69) is 10.3 Å². The summed E-state index contributed by atoms with van der Waals surface area (Å²) in [5.41, 5.74) is 0.710. The highest BCUT2D eigenvalue weighted by Gasteiger charge is 2.33. The first kappa shape index (κ1) is 20.1. The minimum atomic E-state index is -0.872. The molecule has 0 aliphatic carbocycles. The van der Waals surface area contributed by atoms with Crippen molar-refractivity contribution in [2.75, 3.05) is 10.4 Å². The van der Waals surface area contributed by atoms with Crippen LogP contribution in [0.25, 0.3) is 0 Å². The zero-order valence-electron chi connectivity index (χ0n) is 15.3. The number of ketones is 1. The Kier molecular flexibility index (Phi) is 6.12. The molecule has 0 fully saturated rings. The fourth-order valence-electron chi connectivity index (χ4n) is 3.34. The van der Waals surface area contributed by atoms with Crippen LogP contribution in [0, 0.1) is 22.4 Å². The number of aromatic nitrogens is 1. The number of fused-ring (bicyclic) bond motifs is 1. The molecular weight excluding hydrogens is 383 g/mol. The molecule has 0 spiro atoms. The third kappa shape index (κ3) is 3.93. The smallest absolute Gasteiger partial charge is 0.186 e. The Labute approximate surface area is 167 Å². The maximum Gasteiger partial charge on any atom is 0.186 e. The first-order valence-electron chi connectivity index (χ1n) is 9.08. The third-order valence-electron chi connectivity index (χ3n) is 4.80. The summed E-state index contributed by atoms with van der Waals surface area (Å²) in [6.45, 7) is 2.02. The number of rotatable bonds is 7. The molecule has 146 valence electrons. The topological polar surface area (TPSA) is 92.1 Å². The molecule has 28 heavy (non-hydrogen) atoms. The number of para-hydroxylation sites is 1. The monoisotopic (exact) mass is 401 g/mol. The molecule has 6 nitrogen and oxygen atoms in total. The van der Waals surface area contributed by atoms with Crippen molar-refractivity contribution in [3.8, 4) is 6.07 Å². The van der Waals surface area contributed by atoms with Gasteiger partial charge in [0.15, 0.2) is 17.4 Å². The number of unbranched alkanes of at least 4 members (excludes halogenated alkanes) is 1. The van der Waals surface area contributed by atoms with E-state index in [-0.39, 0.29) is 34.8 Å². The van der Waals surface area contributed by atoms with Crippen LogP contribution in [0.3, 0.4) is 0 Å². The van der Waals surface area contributed by atoms with Gasteiger partial charge in [0.1, 0.15) is 11.2 Å². The lowest BCUT2D eigenvalue weighted by atomic mass is 9.98. The van der Waals surface area contributed by atoms with Crippen LogP contribution in [0.4, 0.5) is 15.9 Å². The van der Waals surface area contributed by atoms with Gasteiger partial charge < -0.3 is 15.6 Å². The van der Waals surface area contributed by atoms with Crippen LogP contribution in [0.5, 0.6) is 0 Å². The largest absolute Gasteiger partial charge is 0.758 e. The standard InChI is InChI=1S/C20H19ClFN4O2/c1-2-3-6-13(24-20-15(22)9-12(11-23)19(21)25-20)10-17-18(27)14-7-4-5-8-16(14)26(17)28/h4-5,7-9,13,17H,2-3,6,10H2,1H3,(H,24,25)/q-1. The second kappa shape index (κ2) is 8.55. The van der Waals surface area contributed by atoms with Gasteiger partial charge in [0.25, 0.3) is 0 Å². The van der Waals surface area contributed by atoms with Gasteiger partial charge >= 0.3 is 0 Å². The minimum absolute atomic E-state index is 0.0537. The van der Waals surface area contributed by atoms with Crippen LogP contribution in [0.2, 0.25) is 5.15 Å². The van der Waals surface area contributed by atoms with E-state index < -0.39 is 11.9 Å². The maximum atomic E-state index is 14.3. The van der Waals surface area contributed by atoms with E-state index in [1.165, 1.54) is 0 Å². The number of carbonyl (C=O) groups is 1. The summed E-state index contributed by atoms with van der Waals surface area (Å²) in [4.78, 5) is 16.6. The fraction of sp³-hybridized carbons (Fsp3) is 0.350. The van der Waals surface area contributed by atoms with E-state index in [9.17, 15) is 14.4 Å². The van der Waals surface area contributed by atoms with E-state index in [4.69, 9.17) is 16.9 Å². The highest BCUT2D eigenvalue weighted by atomic mass is 35.5. The van der Waals surface area contributed by atoms with Gasteiger partial charge in [-0.15, -0.1) is 0 Å². The number of nitriles is 1. The predicted octanol–water partition coefficient (Wildman–Crippen LogP) is 4.68. The molecule has 2 heterocycles. The number of pyridine rings is 1. The first-order chi connectivity index (χ1) is 13.5. The van der Waals surface area contributed by atoms with Crippen molar-refractivity contribution in [2.24, 2.45) is 0 Å². The minimum Gasteiger partial charge on any atom is -0.758 e. The number of Topliss-reactive ketones (excluding diaryl/α,β-unsaturated/α-hetero) is 1. The van der Waals surface area contributed by atoms with Gasteiger partial charge in [-0.2, -0.15) is 5.26 Å². The molecule has 1 N–H and O–H groups in total. The average molecular weight is 402 g/mol. The Morgan fingerprint density at radius 3 is 2.89 bits per heavy atom. The van der Waals surface area contributed by atoms with Crippen molar-refractivity contribution in [1.82, 2.24) is 4.98 Å². The van der Waals surface area contributed by atoms with Crippen molar-refractivity contribution in [3.63, 3.8) is 0 Å². The highest BCUT2D eigenvalue weighted by molar-refractivity contribution is 6.30. The van der Waals surface area contributed by atoms with Crippen LogP contribution in [0.1, 0.15) is 48.5 Å². The van der Waals surface area contributed by atoms with E-state index in [0.29, 0.717) is 17.7 Å². The van der Waals surface area contributed by atoms with Crippen molar-refractivity contribution < 1.29 is 9.18 Å². The molecule has 3 rings (SSSR count). The Morgan fingerprint density at radius 2 is 2.21 bits per heavy atom. The molecule has 0 amide bonds. The SMILES string of the molecule is CCCCC(CC1C(=O)c2ccccc2N1[O-])Nc1nc(Cl)c(C#N)cc1F. The zero-order chi connectivity index (χ0) is 20.3. The molecule has 0 saturated heterocycles. The zero-order valence-corrected chi connectivity index (χ0v) is 16.0. The average Bonchev–Trinajstić information content (AvgIpc) is 2.93. The van der Waals surface area contributed by atoms with E-state index in [0.717, 1.165) is 24.0 Å². The van der Waals surface area contributed by atoms with Gasteiger partial charge in [0.2, 0.25) is 0 Å². The number of anilines is 2. The lowest BCUT2D eigenvalue weighted by molar-refractivity contribution is 0.0967. The summed E-state index contributed by atoms with van der Waals surface area (Å²) < 4.78 is 14.3. The number of hydroxylamine groups is 1. The van der Waals surface area contributed by atoms with E-state index in [1.807, 2.05) is 6.92 Å². The van der Waals surface area contributed by atoms with Gasteiger partial charge in [0.05, 0.1) is 11.6 Å². The fourth-order valence-corrected chi connectivity index (χ4v) is 3.52. The van der Waals surface area contributed by atoms with Gasteiger partial charge in [-0.1, -0.05) is 43.5 Å². The summed E-state index contributed by atoms with van der Waals surface area (Å²) in [6, 6.07) is 8.26. The first-order valence-corrected chi connectivity index (χ1v) is 9.46. The Bertz CT molecular complexity index is 931. The summed E-state index contributed by atoms with van der Waals surface area (Å²) in [6.07, 6.45) is 2.57. The number of halogens is 2. The second-order valence-electron chi connectivity index (χ2n) is 6.71. The molecule has 0 bridgehead atoms. The predicted molar refractivity (Wildman–Crippen MR) is 106 cm³/mol. The number of nitrogens with zero attached hydrogens (tertiary/aromatic N) is 3. The van der Waals surface area contributed by atoms with E-state index in [1.54, 1.807) is 30.3 Å². The Balaban J connectivity index is 1.81. The molecule has 0 saturated carbocycles. The number of hydrogen-bond donors (Lipinski definition) is 1. The molecule has 1 aromatic carbocycles. The van der Waals surface area contributed by atoms with Crippen LogP contribution in [-0.2, 0) is 0 Å². The molecule has 1 aromatic heterocycles. The number of benzene rings is 1. The molecule has 2 unspecified atom stereocenters. The number of hydrogen-bond acceptors (Lipinski definition) is 6. The lowest BCUT2D eigenvalue weighted by Crippen LogP contribution is -2.37. The maximum absolute atomic E-state index is 14.3. The number of carbonyl (C=O) groups excluding carboxylic acids is 1. The van der Waals surface area contributed by atoms with Crippen LogP contribution in [-0.4, -0.2) is 22.9 Å². The van der Waals surface area contributed by atoms with Crippen LogP contribution < -0.4 is 10.4 Å². The molecule has 2 atom stereocenters. The normalized spacial score (nSPS) is 16.6. The van der Waals surface area contributed by atoms with Crippen molar-refractivity contribution in [1.29, 1.82) is 5.26 Å². The highest BCUT2D eigenvalue weighted by Crippen LogP contribution is 2.34. The van der Waals surface area contributed by atoms with E-state index >= 15 is 0 Å². The summed E-state index contributed by atoms with van der Waals surface area (Å²) in [5.74, 6) is -1.03. The quantitative estimate of drug-likeness (QED) is 0.677. The van der Waals surface area contributed by atoms with Crippen molar-refractivity contribution >= 4 is 28.9 Å². The van der Waals surface area contributed by atoms with Gasteiger partial charge in [-0.05, 0) is 31.0 Å². The Morgan fingerprint density at radius 1 is 1.46 bits per heavy atom. The molecule has 8 heteroatoms. The number of nitrogens with one attached hydrogen (secondary N) is 1. The van der Waals surface area contributed by atoms with Crippen molar-refractivity contribution in [2.45, 2.75) is 44.7 Å². The second-order valence-corrected chi connectivity index (χ2v) is 7.07. The third-order valence-corrected chi connectivity index (χ3v) is 5.09. The van der Waals surface area contributed by atoms with Gasteiger partial charge in [-0.25, -0.2) is 9.37 Å². The molecular formula is C20H19ClFN4O2-. The van der Waals surface area contributed by atoms with Gasteiger partial charge in [-0.3, -0.25) is 4.79 Å². The summed E-state index contributed by atoms with van der Waals surface area (Å²) in [7, 11) is 0. The molecule has 0 radical (unpaired) electrons. The summed E-state index contributed by atoms with van der Waals surface area (Å²) >= 11 is 5.91. The van der Waals surface area contributed by atoms with Crippen LogP contribution >= 0.6 is 11.6 Å². The molecule has 1 aliphatic heterocycles. The van der Waals surface area contributed by atoms with Crippen molar-refractivity contribution in [3.05, 3.63) is 57.6 Å².